The number of likely N-dealkylation sites (N-methyl/N-ethyl adjacent to an activating group) is 1. The van der Waals surface area contributed by atoms with Gasteiger partial charge < -0.3 is 10.6 Å². The molecule has 2 aromatic carbocycles. The maximum atomic E-state index is 12.1. The first-order valence-electron chi connectivity index (χ1n) is 8.09. The molecule has 2 amide bonds. The number of aryl methyl sites for hydroxylation is 1. The van der Waals surface area contributed by atoms with Gasteiger partial charge >= 0.3 is 0 Å². The van der Waals surface area contributed by atoms with Crippen LogP contribution < -0.4 is 10.6 Å². The van der Waals surface area contributed by atoms with Crippen molar-refractivity contribution in [1.29, 1.82) is 0 Å². The number of carbonyl (C=O) groups excluding carboxylic acids is 2. The Balaban J connectivity index is 1.80. The topological polar surface area (TPSA) is 61.4 Å². The molecule has 0 radical (unpaired) electrons. The summed E-state index contributed by atoms with van der Waals surface area (Å²) in [6, 6.07) is 14.6. The quantitative estimate of drug-likeness (QED) is 0.796. The van der Waals surface area contributed by atoms with Crippen LogP contribution >= 0.6 is 11.6 Å². The highest BCUT2D eigenvalue weighted by Gasteiger charge is 2.11. The molecule has 0 saturated carbocycles. The zero-order chi connectivity index (χ0) is 18.2. The molecular formula is C19H22ClN3O2. The molecule has 2 rings (SSSR count). The molecule has 2 N–H and O–H groups in total. The number of nitrogens with zero attached hydrogens (tertiary/aromatic N) is 1. The Morgan fingerprint density at radius 1 is 0.960 bits per heavy atom. The average molecular weight is 360 g/mol. The number of halogens is 1. The zero-order valence-corrected chi connectivity index (χ0v) is 15.1. The van der Waals surface area contributed by atoms with Gasteiger partial charge in [0.25, 0.3) is 0 Å². The molecule has 0 atom stereocenters. The van der Waals surface area contributed by atoms with Gasteiger partial charge in [-0.1, -0.05) is 30.7 Å². The number of hydrogen-bond acceptors (Lipinski definition) is 3. The maximum absolute atomic E-state index is 12.1. The molecule has 0 aliphatic heterocycles. The lowest BCUT2D eigenvalue weighted by atomic mass is 10.1. The van der Waals surface area contributed by atoms with Crippen molar-refractivity contribution in [3.63, 3.8) is 0 Å². The highest BCUT2D eigenvalue weighted by Crippen LogP contribution is 2.13. The van der Waals surface area contributed by atoms with Crippen molar-refractivity contribution in [2.45, 2.75) is 13.3 Å². The molecule has 6 heteroatoms. The van der Waals surface area contributed by atoms with Gasteiger partial charge in [0.15, 0.2) is 0 Å². The van der Waals surface area contributed by atoms with Crippen LogP contribution in [0.25, 0.3) is 0 Å². The molecule has 0 saturated heterocycles. The minimum absolute atomic E-state index is 0.116. The summed E-state index contributed by atoms with van der Waals surface area (Å²) >= 11 is 5.81. The molecule has 0 spiro atoms. The fraction of sp³-hybridized carbons (Fsp3) is 0.263. The molecular weight excluding hydrogens is 338 g/mol. The van der Waals surface area contributed by atoms with E-state index >= 15 is 0 Å². The Labute approximate surface area is 153 Å². The smallest absolute Gasteiger partial charge is 0.238 e. The number of carbonyl (C=O) groups is 2. The van der Waals surface area contributed by atoms with E-state index in [4.69, 9.17) is 11.6 Å². The van der Waals surface area contributed by atoms with Crippen molar-refractivity contribution in [2.24, 2.45) is 0 Å². The standard InChI is InChI=1S/C19H22ClN3O2/c1-3-14-5-4-6-17(11-14)22-19(25)13-23(2)12-18(24)21-16-9-7-15(20)8-10-16/h4-11H,3,12-13H2,1-2H3,(H,21,24)(H,22,25). The third kappa shape index (κ3) is 6.57. The predicted octanol–water partition coefficient (Wildman–Crippen LogP) is 3.41. The lowest BCUT2D eigenvalue weighted by Crippen LogP contribution is -2.36. The summed E-state index contributed by atoms with van der Waals surface area (Å²) in [5.41, 5.74) is 2.60. The van der Waals surface area contributed by atoms with Gasteiger partial charge in [0.1, 0.15) is 0 Å². The van der Waals surface area contributed by atoms with Crippen molar-refractivity contribution < 1.29 is 9.59 Å². The maximum Gasteiger partial charge on any atom is 0.238 e. The van der Waals surface area contributed by atoms with E-state index in [9.17, 15) is 9.59 Å². The van der Waals surface area contributed by atoms with Crippen LogP contribution in [0.4, 0.5) is 11.4 Å². The van der Waals surface area contributed by atoms with Gasteiger partial charge in [-0.15, -0.1) is 0 Å². The van der Waals surface area contributed by atoms with E-state index in [1.54, 1.807) is 36.2 Å². The van der Waals surface area contributed by atoms with Gasteiger partial charge in [-0.2, -0.15) is 0 Å². The summed E-state index contributed by atoms with van der Waals surface area (Å²) in [5.74, 6) is -0.347. The number of benzene rings is 2. The van der Waals surface area contributed by atoms with Crippen LogP contribution in [-0.2, 0) is 16.0 Å². The monoisotopic (exact) mass is 359 g/mol. The Hall–Kier alpha value is -2.37. The van der Waals surface area contributed by atoms with Crippen LogP contribution in [0.5, 0.6) is 0 Å². The number of rotatable bonds is 7. The third-order valence-electron chi connectivity index (χ3n) is 3.57. The third-order valence-corrected chi connectivity index (χ3v) is 3.83. The molecule has 0 unspecified atom stereocenters. The molecule has 25 heavy (non-hydrogen) atoms. The van der Waals surface area contributed by atoms with Crippen molar-refractivity contribution in [3.8, 4) is 0 Å². The number of anilines is 2. The lowest BCUT2D eigenvalue weighted by Gasteiger charge is -2.16. The molecule has 5 nitrogen and oxygen atoms in total. The first-order valence-corrected chi connectivity index (χ1v) is 8.47. The predicted molar refractivity (Wildman–Crippen MR) is 102 cm³/mol. The van der Waals surface area contributed by atoms with E-state index in [2.05, 4.69) is 17.6 Å². The molecule has 132 valence electrons. The van der Waals surface area contributed by atoms with Crippen LogP contribution in [0.3, 0.4) is 0 Å². The van der Waals surface area contributed by atoms with Gasteiger partial charge in [0.05, 0.1) is 13.1 Å². The van der Waals surface area contributed by atoms with Gasteiger partial charge in [-0.05, 0) is 55.4 Å². The van der Waals surface area contributed by atoms with E-state index in [0.29, 0.717) is 10.7 Å². The van der Waals surface area contributed by atoms with Crippen molar-refractivity contribution in [1.82, 2.24) is 4.90 Å². The normalized spacial score (nSPS) is 10.6. The molecule has 0 fully saturated rings. The summed E-state index contributed by atoms with van der Waals surface area (Å²) < 4.78 is 0. The molecule has 0 heterocycles. The number of nitrogens with one attached hydrogen (secondary N) is 2. The van der Waals surface area contributed by atoms with Gasteiger partial charge in [-0.25, -0.2) is 0 Å². The number of hydrogen-bond donors (Lipinski definition) is 2. The van der Waals surface area contributed by atoms with Crippen molar-refractivity contribution in [3.05, 3.63) is 59.1 Å². The summed E-state index contributed by atoms with van der Waals surface area (Å²) in [5, 5.41) is 6.23. The first-order chi connectivity index (χ1) is 12.0. The van der Waals surface area contributed by atoms with E-state index in [1.165, 1.54) is 0 Å². The Bertz CT molecular complexity index is 732. The lowest BCUT2D eigenvalue weighted by molar-refractivity contribution is -0.119. The second-order valence-corrected chi connectivity index (χ2v) is 6.27. The Kier molecular flexibility index (Phi) is 6.98. The van der Waals surface area contributed by atoms with Gasteiger partial charge in [-0.3, -0.25) is 14.5 Å². The fourth-order valence-electron chi connectivity index (χ4n) is 2.35. The Morgan fingerprint density at radius 3 is 2.16 bits per heavy atom. The Morgan fingerprint density at radius 2 is 1.56 bits per heavy atom. The highest BCUT2D eigenvalue weighted by molar-refractivity contribution is 6.30. The largest absolute Gasteiger partial charge is 0.325 e. The van der Waals surface area contributed by atoms with Crippen LogP contribution in [0, 0.1) is 0 Å². The van der Waals surface area contributed by atoms with E-state index in [0.717, 1.165) is 17.7 Å². The van der Waals surface area contributed by atoms with Crippen LogP contribution in [0.15, 0.2) is 48.5 Å². The van der Waals surface area contributed by atoms with Crippen LogP contribution in [0.1, 0.15) is 12.5 Å². The first kappa shape index (κ1) is 19.0. The highest BCUT2D eigenvalue weighted by atomic mass is 35.5. The summed E-state index contributed by atoms with van der Waals surface area (Å²) in [6.07, 6.45) is 0.911. The minimum Gasteiger partial charge on any atom is -0.325 e. The zero-order valence-electron chi connectivity index (χ0n) is 14.4. The molecule has 2 aromatic rings. The van der Waals surface area contributed by atoms with E-state index < -0.39 is 0 Å². The molecule has 0 aliphatic carbocycles. The second kappa shape index (κ2) is 9.20. The molecule has 0 aliphatic rings. The average Bonchev–Trinajstić information content (AvgIpc) is 2.56. The van der Waals surface area contributed by atoms with Crippen LogP contribution in [-0.4, -0.2) is 36.9 Å². The van der Waals surface area contributed by atoms with Crippen LogP contribution in [0.2, 0.25) is 5.02 Å². The fourth-order valence-corrected chi connectivity index (χ4v) is 2.48. The van der Waals surface area contributed by atoms with Crippen molar-refractivity contribution >= 4 is 34.8 Å². The second-order valence-electron chi connectivity index (χ2n) is 5.83. The van der Waals surface area contributed by atoms with Crippen molar-refractivity contribution in [2.75, 3.05) is 30.8 Å². The number of amides is 2. The van der Waals surface area contributed by atoms with E-state index in [-0.39, 0.29) is 24.9 Å². The van der Waals surface area contributed by atoms with Gasteiger partial charge in [0, 0.05) is 16.4 Å². The summed E-state index contributed by atoms with van der Waals surface area (Å²) in [7, 11) is 1.73. The summed E-state index contributed by atoms with van der Waals surface area (Å²) in [6.45, 7) is 2.31. The molecule has 0 aromatic heterocycles. The van der Waals surface area contributed by atoms with E-state index in [1.807, 2.05) is 24.3 Å². The summed E-state index contributed by atoms with van der Waals surface area (Å²) in [4.78, 5) is 25.8. The SMILES string of the molecule is CCc1cccc(NC(=O)CN(C)CC(=O)Nc2ccc(Cl)cc2)c1. The minimum atomic E-state index is -0.189. The van der Waals surface area contributed by atoms with Gasteiger partial charge in [0.2, 0.25) is 11.8 Å². The molecule has 0 bridgehead atoms.